The van der Waals surface area contributed by atoms with Gasteiger partial charge in [0.2, 0.25) is 11.6 Å². The van der Waals surface area contributed by atoms with E-state index in [0.29, 0.717) is 15.8 Å². The van der Waals surface area contributed by atoms with Crippen LogP contribution in [-0.4, -0.2) is 45.5 Å². The molecule has 1 N–H and O–H groups in total. The minimum absolute atomic E-state index is 0.0578. The lowest BCUT2D eigenvalue weighted by atomic mass is 10.1. The van der Waals surface area contributed by atoms with Gasteiger partial charge in [0.15, 0.2) is 6.61 Å². The number of nitrogens with one attached hydrogen (secondary N) is 1. The molecule has 0 aliphatic carbocycles. The zero-order valence-corrected chi connectivity index (χ0v) is 17.5. The maximum atomic E-state index is 13.3. The van der Waals surface area contributed by atoms with Gasteiger partial charge in [-0.2, -0.15) is 13.2 Å². The average molecular weight is 451 g/mol. The summed E-state index contributed by atoms with van der Waals surface area (Å²) in [5.41, 5.74) is 1.20. The quantitative estimate of drug-likeness (QED) is 0.435. The molecule has 8 nitrogen and oxygen atoms in total. The van der Waals surface area contributed by atoms with Crippen LogP contribution in [-0.2, 0) is 27.0 Å². The minimum Gasteiger partial charge on any atom is -0.462 e. The summed E-state index contributed by atoms with van der Waals surface area (Å²) in [5, 5.41) is 0. The first-order valence-corrected chi connectivity index (χ1v) is 9.62. The highest BCUT2D eigenvalue weighted by atomic mass is 19.4. The van der Waals surface area contributed by atoms with Crippen LogP contribution in [0.1, 0.15) is 44.9 Å². The first-order chi connectivity index (χ1) is 15.0. The third-order valence-corrected chi connectivity index (χ3v) is 4.76. The lowest BCUT2D eigenvalue weighted by Gasteiger charge is -2.11. The number of alkyl halides is 3. The number of carbonyl (C=O) groups is 3. The molecule has 2 heterocycles. The van der Waals surface area contributed by atoms with E-state index < -0.39 is 42.9 Å². The van der Waals surface area contributed by atoms with E-state index in [2.05, 4.69) is 9.97 Å². The standard InChI is InChI=1S/C21H20F3N3O5/c1-4-31-19(30)17-11(2)18(25-12(17)3)15(28)10-32-16(29)9-27-14-8-6-5-7-13(14)26-20(27)21(22,23)24/h5-8,25H,4,9-10H2,1-3H3. The normalized spacial score (nSPS) is 11.6. The Morgan fingerprint density at radius 3 is 2.47 bits per heavy atom. The van der Waals surface area contributed by atoms with Crippen molar-refractivity contribution in [3.63, 3.8) is 0 Å². The lowest BCUT2D eigenvalue weighted by Crippen LogP contribution is -2.22. The second-order valence-electron chi connectivity index (χ2n) is 6.94. The number of esters is 2. The number of ketones is 1. The summed E-state index contributed by atoms with van der Waals surface area (Å²) in [6.07, 6.45) is -4.78. The van der Waals surface area contributed by atoms with Gasteiger partial charge < -0.3 is 19.0 Å². The molecule has 0 radical (unpaired) electrons. The molecule has 3 aromatic rings. The number of aromatic nitrogens is 3. The van der Waals surface area contributed by atoms with Crippen LogP contribution < -0.4 is 0 Å². The van der Waals surface area contributed by atoms with Crippen LogP contribution >= 0.6 is 0 Å². The highest BCUT2D eigenvalue weighted by Crippen LogP contribution is 2.31. The largest absolute Gasteiger partial charge is 0.462 e. The maximum absolute atomic E-state index is 13.3. The van der Waals surface area contributed by atoms with Crippen molar-refractivity contribution in [1.82, 2.24) is 14.5 Å². The van der Waals surface area contributed by atoms with Gasteiger partial charge in [-0.1, -0.05) is 12.1 Å². The number of aromatic amines is 1. The zero-order chi connectivity index (χ0) is 23.6. The topological polar surface area (TPSA) is 103 Å². The number of aryl methyl sites for hydroxylation is 1. The summed E-state index contributed by atoms with van der Waals surface area (Å²) >= 11 is 0. The van der Waals surface area contributed by atoms with E-state index in [4.69, 9.17) is 9.47 Å². The Labute approximate surface area is 180 Å². The molecular formula is C21H20F3N3O5. The SMILES string of the molecule is CCOC(=O)c1c(C)[nH]c(C(=O)COC(=O)Cn2c(C(F)(F)F)nc3ccccc32)c1C. The first kappa shape index (κ1) is 23.0. The molecule has 0 spiro atoms. The van der Waals surface area contributed by atoms with Gasteiger partial charge in [0.1, 0.15) is 6.54 Å². The number of Topliss-reactive ketones (excluding diaryl/α,β-unsaturated/α-hetero) is 1. The molecule has 2 aromatic heterocycles. The molecular weight excluding hydrogens is 431 g/mol. The number of ether oxygens (including phenoxy) is 2. The molecule has 3 rings (SSSR count). The highest BCUT2D eigenvalue weighted by molar-refractivity contribution is 6.02. The Hall–Kier alpha value is -3.63. The predicted octanol–water partition coefficient (Wildman–Crippen LogP) is 3.60. The molecule has 11 heteroatoms. The molecule has 0 aliphatic heterocycles. The van der Waals surface area contributed by atoms with Crippen LogP contribution in [0.2, 0.25) is 0 Å². The number of hydrogen-bond acceptors (Lipinski definition) is 6. The van der Waals surface area contributed by atoms with E-state index in [9.17, 15) is 27.6 Å². The number of rotatable bonds is 7. The fraction of sp³-hybridized carbons (Fsp3) is 0.333. The molecule has 0 atom stereocenters. The van der Waals surface area contributed by atoms with Gasteiger partial charge in [-0.25, -0.2) is 9.78 Å². The molecule has 0 saturated carbocycles. The summed E-state index contributed by atoms with van der Waals surface area (Å²) in [4.78, 5) is 43.1. The van der Waals surface area contributed by atoms with E-state index in [1.165, 1.54) is 31.2 Å². The molecule has 0 saturated heterocycles. The van der Waals surface area contributed by atoms with Crippen molar-refractivity contribution < 1.29 is 37.0 Å². The smallest absolute Gasteiger partial charge is 0.449 e. The Morgan fingerprint density at radius 1 is 1.12 bits per heavy atom. The Morgan fingerprint density at radius 2 is 1.81 bits per heavy atom. The number of hydrogen-bond donors (Lipinski definition) is 1. The van der Waals surface area contributed by atoms with E-state index in [1.54, 1.807) is 13.8 Å². The van der Waals surface area contributed by atoms with Crippen molar-refractivity contribution in [2.75, 3.05) is 13.2 Å². The summed E-state index contributed by atoms with van der Waals surface area (Å²) in [5.74, 6) is -3.52. The van der Waals surface area contributed by atoms with Crippen LogP contribution in [0.25, 0.3) is 11.0 Å². The third kappa shape index (κ3) is 4.51. The van der Waals surface area contributed by atoms with Crippen molar-refractivity contribution in [3.05, 3.63) is 52.6 Å². The van der Waals surface area contributed by atoms with Gasteiger partial charge in [-0.15, -0.1) is 0 Å². The first-order valence-electron chi connectivity index (χ1n) is 9.62. The fourth-order valence-corrected chi connectivity index (χ4v) is 3.38. The Bertz CT molecular complexity index is 1190. The average Bonchev–Trinajstić information content (AvgIpc) is 3.23. The van der Waals surface area contributed by atoms with Gasteiger partial charge in [0.05, 0.1) is 28.9 Å². The summed E-state index contributed by atoms with van der Waals surface area (Å²) in [6.45, 7) is 3.44. The van der Waals surface area contributed by atoms with Crippen LogP contribution in [0.4, 0.5) is 13.2 Å². The monoisotopic (exact) mass is 451 g/mol. The molecule has 0 bridgehead atoms. The number of halogens is 3. The second kappa shape index (κ2) is 8.85. The van der Waals surface area contributed by atoms with E-state index in [-0.39, 0.29) is 28.9 Å². The number of H-pyrrole nitrogens is 1. The number of fused-ring (bicyclic) bond motifs is 1. The Balaban J connectivity index is 1.75. The number of imidazole rings is 1. The Kier molecular flexibility index (Phi) is 6.37. The van der Waals surface area contributed by atoms with Gasteiger partial charge in [-0.3, -0.25) is 9.59 Å². The number of nitrogens with zero attached hydrogens (tertiary/aromatic N) is 2. The summed E-state index contributed by atoms with van der Waals surface area (Å²) < 4.78 is 50.6. The van der Waals surface area contributed by atoms with Crippen LogP contribution in [0.5, 0.6) is 0 Å². The number of para-hydroxylation sites is 2. The second-order valence-corrected chi connectivity index (χ2v) is 6.94. The summed E-state index contributed by atoms with van der Waals surface area (Å²) in [7, 11) is 0. The van der Waals surface area contributed by atoms with Gasteiger partial charge in [0, 0.05) is 5.69 Å². The molecule has 0 fully saturated rings. The highest BCUT2D eigenvalue weighted by Gasteiger charge is 2.38. The summed E-state index contributed by atoms with van der Waals surface area (Å²) in [6, 6.07) is 5.85. The molecule has 170 valence electrons. The van der Waals surface area contributed by atoms with Crippen molar-refractivity contribution in [2.24, 2.45) is 0 Å². The molecule has 0 unspecified atom stereocenters. The third-order valence-electron chi connectivity index (χ3n) is 4.76. The van der Waals surface area contributed by atoms with E-state index in [0.717, 1.165) is 0 Å². The fourth-order valence-electron chi connectivity index (χ4n) is 3.38. The number of carbonyl (C=O) groups excluding carboxylic acids is 3. The van der Waals surface area contributed by atoms with Gasteiger partial charge in [-0.05, 0) is 38.5 Å². The zero-order valence-electron chi connectivity index (χ0n) is 17.5. The van der Waals surface area contributed by atoms with Crippen LogP contribution in [0, 0.1) is 13.8 Å². The molecule has 0 amide bonds. The molecule has 0 aliphatic rings. The van der Waals surface area contributed by atoms with Crippen molar-refractivity contribution in [2.45, 2.75) is 33.5 Å². The van der Waals surface area contributed by atoms with Crippen LogP contribution in [0.3, 0.4) is 0 Å². The van der Waals surface area contributed by atoms with Crippen molar-refractivity contribution >= 4 is 28.8 Å². The van der Waals surface area contributed by atoms with Gasteiger partial charge >= 0.3 is 18.1 Å². The van der Waals surface area contributed by atoms with E-state index in [1.807, 2.05) is 0 Å². The van der Waals surface area contributed by atoms with Crippen molar-refractivity contribution in [3.8, 4) is 0 Å². The van der Waals surface area contributed by atoms with Crippen molar-refractivity contribution in [1.29, 1.82) is 0 Å². The predicted molar refractivity (Wildman–Crippen MR) is 106 cm³/mol. The molecule has 1 aromatic carbocycles. The number of benzene rings is 1. The lowest BCUT2D eigenvalue weighted by molar-refractivity contribution is -0.150. The maximum Gasteiger partial charge on any atom is 0.449 e. The molecule has 32 heavy (non-hydrogen) atoms. The van der Waals surface area contributed by atoms with E-state index >= 15 is 0 Å². The minimum atomic E-state index is -4.78. The van der Waals surface area contributed by atoms with Gasteiger partial charge in [0.25, 0.3) is 0 Å². The van der Waals surface area contributed by atoms with Crippen LogP contribution in [0.15, 0.2) is 24.3 Å².